The van der Waals surface area contributed by atoms with E-state index < -0.39 is 18.1 Å². The molecule has 17 N–H and O–H groups in total. The van der Waals surface area contributed by atoms with Crippen LogP contribution in [0.1, 0.15) is 6.92 Å². The largest absolute Gasteiger partial charge is 0.516 e. The number of aldehydes is 1. The zero-order valence-corrected chi connectivity index (χ0v) is 13.0. The number of amides is 8. The van der Waals surface area contributed by atoms with Crippen molar-refractivity contribution in [2.45, 2.75) is 6.92 Å². The molecule has 15 nitrogen and oxygen atoms in total. The highest BCUT2D eigenvalue weighted by Gasteiger charge is 1.61. The van der Waals surface area contributed by atoms with E-state index in [0.29, 0.717) is 0 Å². The standard InChI is InChI=1S/2C2H4O.3CH4N2O.2CH3NO/c2*1-2-3;3*2-1(3)4;2*2-1-3/h2H,1H3;2-3H,1H2;3*(H4,2,3,4);2*1H,(H2,2,3). The minimum Gasteiger partial charge on any atom is -0.516 e. The number of rotatable bonds is 0. The summed E-state index contributed by atoms with van der Waals surface area (Å²) < 4.78 is 0. The van der Waals surface area contributed by atoms with E-state index in [2.05, 4.69) is 52.4 Å². The summed E-state index contributed by atoms with van der Waals surface area (Å²) in [6.07, 6.45) is 2.00. The van der Waals surface area contributed by atoms with E-state index in [-0.39, 0.29) is 12.8 Å². The van der Waals surface area contributed by atoms with Gasteiger partial charge in [-0.3, -0.25) is 9.59 Å². The highest BCUT2D eigenvalue weighted by atomic mass is 16.2. The molecule has 0 rings (SSSR count). The summed E-state index contributed by atoms with van der Waals surface area (Å²) in [7, 11) is 0. The van der Waals surface area contributed by atoms with Crippen molar-refractivity contribution >= 4 is 37.2 Å². The maximum atomic E-state index is 9.00. The van der Waals surface area contributed by atoms with Crippen LogP contribution in [-0.2, 0) is 14.4 Å². The number of carbonyl (C=O) groups is 6. The number of hydrogen-bond donors (Lipinski definition) is 9. The summed E-state index contributed by atoms with van der Waals surface area (Å²) in [6.45, 7) is 4.36. The first-order chi connectivity index (χ1) is 10.9. The van der Waals surface area contributed by atoms with Crippen molar-refractivity contribution in [3.8, 4) is 0 Å². The predicted molar refractivity (Wildman–Crippen MR) is 86.4 cm³/mol. The lowest BCUT2D eigenvalue weighted by molar-refractivity contribution is -0.107. The second-order valence-electron chi connectivity index (χ2n) is 1.90. The average Bonchev–Trinajstić information content (AvgIpc) is 2.29. The summed E-state index contributed by atoms with van der Waals surface area (Å²) in [5.41, 5.74) is 33.8. The van der Waals surface area contributed by atoms with Gasteiger partial charge in [-0.2, -0.15) is 0 Å². The number of carbonyl (C=O) groups excluding carboxylic acids is 6. The molecule has 0 saturated heterocycles. The molecule has 0 fully saturated rings. The van der Waals surface area contributed by atoms with Gasteiger partial charge in [0.25, 0.3) is 0 Å². The minimum atomic E-state index is -0.833. The summed E-state index contributed by atoms with van der Waals surface area (Å²) >= 11 is 0. The molecule has 0 aromatic heterocycles. The normalized spacial score (nSPS) is 5.04. The van der Waals surface area contributed by atoms with Crippen LogP contribution in [0.25, 0.3) is 0 Å². The third-order valence-electron chi connectivity index (χ3n) is 0. The Bertz CT molecular complexity index is 248. The van der Waals surface area contributed by atoms with Crippen molar-refractivity contribution in [3.05, 3.63) is 12.8 Å². The summed E-state index contributed by atoms with van der Waals surface area (Å²) in [4.78, 5) is 53.0. The second kappa shape index (κ2) is 76.2. The van der Waals surface area contributed by atoms with Crippen LogP contribution >= 0.6 is 0 Å². The molecule has 0 heterocycles. The van der Waals surface area contributed by atoms with E-state index >= 15 is 0 Å². The number of primary amides is 8. The molecule has 15 heteroatoms. The fraction of sp³-hybridized carbons (Fsp3) is 0.111. The van der Waals surface area contributed by atoms with E-state index in [1.54, 1.807) is 0 Å². The van der Waals surface area contributed by atoms with Gasteiger partial charge in [0.15, 0.2) is 0 Å². The lowest BCUT2D eigenvalue weighted by Gasteiger charge is -1.62. The van der Waals surface area contributed by atoms with Crippen molar-refractivity contribution in [3.63, 3.8) is 0 Å². The van der Waals surface area contributed by atoms with Gasteiger partial charge in [-0.25, -0.2) is 14.4 Å². The smallest absolute Gasteiger partial charge is 0.309 e. The molecule has 24 heavy (non-hydrogen) atoms. The van der Waals surface area contributed by atoms with Gasteiger partial charge in [0, 0.05) is 0 Å². The first-order valence-corrected chi connectivity index (χ1v) is 4.96. The van der Waals surface area contributed by atoms with Crippen LogP contribution in [-0.4, -0.2) is 42.3 Å². The monoisotopic (exact) mass is 358 g/mol. The Kier molecular flexibility index (Phi) is 136. The molecule has 0 spiro atoms. The molecule has 0 aromatic rings. The van der Waals surface area contributed by atoms with Gasteiger partial charge in [0.05, 0.1) is 6.26 Å². The Morgan fingerprint density at radius 2 is 0.750 bits per heavy atom. The quantitative estimate of drug-likeness (QED) is 0.153. The topological polar surface area (TPSA) is 331 Å². The third-order valence-corrected chi connectivity index (χ3v) is 0. The van der Waals surface area contributed by atoms with Gasteiger partial charge in [0.1, 0.15) is 6.29 Å². The molecule has 8 amide bonds. The first-order valence-electron chi connectivity index (χ1n) is 4.96. The van der Waals surface area contributed by atoms with Gasteiger partial charge in [-0.05, 0) is 6.92 Å². The lowest BCUT2D eigenvalue weighted by Crippen LogP contribution is -2.18. The van der Waals surface area contributed by atoms with Crippen LogP contribution in [0.15, 0.2) is 12.8 Å². The highest BCUT2D eigenvalue weighted by Crippen LogP contribution is 1.26. The van der Waals surface area contributed by atoms with Crippen LogP contribution in [0.5, 0.6) is 0 Å². The molecule has 0 aliphatic heterocycles. The Balaban J connectivity index is -0.0000000283. The molecule has 0 bridgehead atoms. The van der Waals surface area contributed by atoms with Gasteiger partial charge in [-0.15, -0.1) is 0 Å². The fourth-order valence-corrected chi connectivity index (χ4v) is 0. The van der Waals surface area contributed by atoms with Gasteiger partial charge in [-0.1, -0.05) is 6.58 Å². The molecule has 0 atom stereocenters. The Hall–Kier alpha value is -4.04. The average molecular weight is 358 g/mol. The predicted octanol–water partition coefficient (Wildman–Crippen LogP) is -3.83. The summed E-state index contributed by atoms with van der Waals surface area (Å²) in [6, 6.07) is -2.50. The molecule has 0 unspecified atom stereocenters. The molecule has 0 aliphatic carbocycles. The van der Waals surface area contributed by atoms with Gasteiger partial charge in [0.2, 0.25) is 12.8 Å². The van der Waals surface area contributed by atoms with E-state index in [1.165, 1.54) is 6.92 Å². The van der Waals surface area contributed by atoms with Crippen LogP contribution < -0.4 is 45.9 Å². The zero-order valence-electron chi connectivity index (χ0n) is 13.0. The number of urea groups is 3. The molecule has 0 saturated carbocycles. The first kappa shape index (κ1) is 42.7. The van der Waals surface area contributed by atoms with E-state index in [9.17, 15) is 0 Å². The number of aliphatic hydroxyl groups is 1. The van der Waals surface area contributed by atoms with Crippen molar-refractivity contribution in [1.29, 1.82) is 0 Å². The molecular formula is C9H26N8O7. The van der Waals surface area contributed by atoms with Crippen molar-refractivity contribution in [2.24, 2.45) is 45.9 Å². The summed E-state index contributed by atoms with van der Waals surface area (Å²) in [5.74, 6) is 0. The third kappa shape index (κ3) is 317. The van der Waals surface area contributed by atoms with Crippen molar-refractivity contribution in [1.82, 2.24) is 0 Å². The maximum Gasteiger partial charge on any atom is 0.309 e. The van der Waals surface area contributed by atoms with Crippen LogP contribution in [0.2, 0.25) is 0 Å². The second-order valence-corrected chi connectivity index (χ2v) is 1.90. The highest BCUT2D eigenvalue weighted by molar-refractivity contribution is 5.69. The fourth-order valence-electron chi connectivity index (χ4n) is 0. The molecule has 0 radical (unpaired) electrons. The van der Waals surface area contributed by atoms with Gasteiger partial charge < -0.3 is 55.8 Å². The molecule has 144 valence electrons. The zero-order chi connectivity index (χ0) is 21.6. The van der Waals surface area contributed by atoms with Crippen LogP contribution in [0.4, 0.5) is 14.4 Å². The number of aliphatic hydroxyl groups excluding tert-OH is 1. The van der Waals surface area contributed by atoms with Crippen molar-refractivity contribution in [2.75, 3.05) is 0 Å². The SMILES string of the molecule is C=CO.CC=O.NC(N)=O.NC(N)=O.NC(N)=O.NC=O.NC=O. The van der Waals surface area contributed by atoms with E-state index in [4.69, 9.17) is 33.9 Å². The lowest BCUT2D eigenvalue weighted by atomic mass is 11.0. The van der Waals surface area contributed by atoms with E-state index in [0.717, 1.165) is 12.5 Å². The Morgan fingerprint density at radius 3 is 0.750 bits per heavy atom. The number of nitrogens with two attached hydrogens (primary N) is 8. The van der Waals surface area contributed by atoms with Crippen molar-refractivity contribution < 1.29 is 33.9 Å². The summed E-state index contributed by atoms with van der Waals surface area (Å²) in [5, 5.41) is 7.33. The maximum absolute atomic E-state index is 9.00. The van der Waals surface area contributed by atoms with E-state index in [1.807, 2.05) is 0 Å². The molecule has 0 aromatic carbocycles. The Morgan fingerprint density at radius 1 is 0.750 bits per heavy atom. The van der Waals surface area contributed by atoms with Gasteiger partial charge >= 0.3 is 18.1 Å². The molecule has 0 aliphatic rings. The Labute approximate surface area is 137 Å². The van der Waals surface area contributed by atoms with Crippen LogP contribution in [0.3, 0.4) is 0 Å². The molecular weight excluding hydrogens is 332 g/mol. The van der Waals surface area contributed by atoms with Crippen LogP contribution in [0, 0.1) is 0 Å². The number of hydrogen-bond acceptors (Lipinski definition) is 7. The minimum absolute atomic E-state index is 0.250.